The second-order valence-electron chi connectivity index (χ2n) is 5.92. The summed E-state index contributed by atoms with van der Waals surface area (Å²) in [6.07, 6.45) is 0.386. The smallest absolute Gasteiger partial charge is 0.259 e. The fraction of sp³-hybridized carbons (Fsp3) is 0.312. The summed E-state index contributed by atoms with van der Waals surface area (Å²) in [5, 5.41) is 2.88. The lowest BCUT2D eigenvalue weighted by atomic mass is 10.0. The first kappa shape index (κ1) is 15.5. The van der Waals surface area contributed by atoms with Crippen LogP contribution in [0.25, 0.3) is 0 Å². The molecule has 1 aliphatic heterocycles. The number of H-pyrrole nitrogens is 2. The van der Waals surface area contributed by atoms with Crippen LogP contribution in [-0.2, 0) is 6.42 Å². The number of carbonyl (C=O) groups excluding carboxylic acids is 1. The van der Waals surface area contributed by atoms with Crippen molar-refractivity contribution in [3.63, 3.8) is 0 Å². The molecule has 2 aromatic rings. The van der Waals surface area contributed by atoms with Crippen LogP contribution in [0.15, 0.2) is 23.0 Å². The maximum Gasteiger partial charge on any atom is 0.259 e. The molecule has 3 rings (SSSR count). The minimum absolute atomic E-state index is 0.131. The molecule has 120 valence electrons. The first-order chi connectivity index (χ1) is 10.9. The number of fused-ring (bicyclic) bond motifs is 2. The van der Waals surface area contributed by atoms with E-state index in [0.29, 0.717) is 41.6 Å². The molecule has 3 N–H and O–H groups in total. The van der Waals surface area contributed by atoms with Crippen molar-refractivity contribution in [1.29, 1.82) is 0 Å². The number of aromatic nitrogens is 2. The predicted octanol–water partition coefficient (Wildman–Crippen LogP) is 2.51. The number of aromatic amines is 2. The number of rotatable bonds is 3. The Morgan fingerprint density at radius 2 is 2.17 bits per heavy atom. The van der Waals surface area contributed by atoms with Crippen LogP contribution in [0, 0.1) is 10.7 Å². The summed E-state index contributed by atoms with van der Waals surface area (Å²) < 4.78 is 5.92. The molecule has 0 unspecified atom stereocenters. The molecule has 2 heterocycles. The first-order valence-electron chi connectivity index (χ1n) is 7.38. The van der Waals surface area contributed by atoms with Gasteiger partial charge < -0.3 is 15.0 Å². The Bertz CT molecular complexity index is 883. The molecule has 0 fully saturated rings. The highest BCUT2D eigenvalue weighted by Gasteiger charge is 2.21. The van der Waals surface area contributed by atoms with Gasteiger partial charge in [0.15, 0.2) is 4.77 Å². The molecule has 23 heavy (non-hydrogen) atoms. The third-order valence-corrected chi connectivity index (χ3v) is 3.78. The van der Waals surface area contributed by atoms with E-state index >= 15 is 0 Å². The molecule has 1 aliphatic rings. The van der Waals surface area contributed by atoms with Crippen LogP contribution < -0.4 is 15.6 Å². The number of hydrogen-bond donors (Lipinski definition) is 3. The van der Waals surface area contributed by atoms with E-state index in [1.54, 1.807) is 18.2 Å². The summed E-state index contributed by atoms with van der Waals surface area (Å²) in [5.74, 6) is 1.24. The highest BCUT2D eigenvalue weighted by Crippen LogP contribution is 2.33. The largest absolute Gasteiger partial charge is 0.440 e. The SMILES string of the molecule is CC(C)CNC(=O)c1ccc2c(c1)Cc1c([nH]c(=S)[nH]c1=O)O2. The second kappa shape index (κ2) is 6.00. The molecule has 0 bridgehead atoms. The Balaban J connectivity index is 1.90. The van der Waals surface area contributed by atoms with Gasteiger partial charge in [-0.25, -0.2) is 0 Å². The van der Waals surface area contributed by atoms with Crippen LogP contribution in [0.3, 0.4) is 0 Å². The van der Waals surface area contributed by atoms with Gasteiger partial charge in [-0.15, -0.1) is 0 Å². The zero-order valence-electron chi connectivity index (χ0n) is 12.9. The van der Waals surface area contributed by atoms with Gasteiger partial charge in [-0.2, -0.15) is 0 Å². The second-order valence-corrected chi connectivity index (χ2v) is 6.33. The minimum Gasteiger partial charge on any atom is -0.440 e. The Labute approximate surface area is 137 Å². The van der Waals surface area contributed by atoms with E-state index in [-0.39, 0.29) is 16.2 Å². The fourth-order valence-corrected chi connectivity index (χ4v) is 2.58. The monoisotopic (exact) mass is 331 g/mol. The van der Waals surface area contributed by atoms with Gasteiger partial charge in [-0.1, -0.05) is 13.8 Å². The number of hydrogen-bond acceptors (Lipinski definition) is 4. The average molecular weight is 331 g/mol. The summed E-state index contributed by atoms with van der Waals surface area (Å²) in [7, 11) is 0. The van der Waals surface area contributed by atoms with Gasteiger partial charge >= 0.3 is 0 Å². The Morgan fingerprint density at radius 1 is 1.39 bits per heavy atom. The lowest BCUT2D eigenvalue weighted by Gasteiger charge is -2.19. The molecule has 1 amide bonds. The van der Waals surface area contributed by atoms with E-state index in [9.17, 15) is 9.59 Å². The predicted molar refractivity (Wildman–Crippen MR) is 88.7 cm³/mol. The molecule has 0 atom stereocenters. The van der Waals surface area contributed by atoms with Crippen LogP contribution in [-0.4, -0.2) is 22.4 Å². The molecular formula is C16H17N3O3S. The summed E-state index contributed by atoms with van der Waals surface area (Å²) in [4.78, 5) is 29.5. The summed E-state index contributed by atoms with van der Waals surface area (Å²) in [6.45, 7) is 4.69. The Morgan fingerprint density at radius 3 is 2.91 bits per heavy atom. The van der Waals surface area contributed by atoms with Gasteiger partial charge in [-0.05, 0) is 36.3 Å². The van der Waals surface area contributed by atoms with Crippen LogP contribution in [0.2, 0.25) is 0 Å². The molecule has 1 aromatic heterocycles. The molecule has 0 aliphatic carbocycles. The van der Waals surface area contributed by atoms with Crippen molar-refractivity contribution in [2.24, 2.45) is 5.92 Å². The molecule has 7 heteroatoms. The number of nitrogens with one attached hydrogen (secondary N) is 3. The number of ether oxygens (including phenoxy) is 1. The minimum atomic E-state index is -0.274. The van der Waals surface area contributed by atoms with Crippen molar-refractivity contribution in [2.45, 2.75) is 20.3 Å². The molecule has 0 radical (unpaired) electrons. The first-order valence-corrected chi connectivity index (χ1v) is 7.79. The lowest BCUT2D eigenvalue weighted by Crippen LogP contribution is -2.27. The third-order valence-electron chi connectivity index (χ3n) is 3.58. The van der Waals surface area contributed by atoms with Gasteiger partial charge in [-0.3, -0.25) is 14.6 Å². The molecule has 0 spiro atoms. The quantitative estimate of drug-likeness (QED) is 0.644. The van der Waals surface area contributed by atoms with Crippen LogP contribution >= 0.6 is 12.2 Å². The van der Waals surface area contributed by atoms with Gasteiger partial charge in [0.25, 0.3) is 11.5 Å². The topological polar surface area (TPSA) is 87.0 Å². The molecule has 1 aromatic carbocycles. The number of amides is 1. The normalized spacial score (nSPS) is 12.3. The number of carbonyl (C=O) groups is 1. The fourth-order valence-electron chi connectivity index (χ4n) is 2.40. The third kappa shape index (κ3) is 3.19. The molecule has 0 saturated carbocycles. The van der Waals surface area contributed by atoms with Crippen molar-refractivity contribution >= 4 is 18.1 Å². The standard InChI is InChI=1S/C16H17N3O3S/c1-8(2)7-17-13(20)9-3-4-12-10(5-9)6-11-14(21)18-16(23)19-15(11)22-12/h3-5,8H,6-7H2,1-2H3,(H,17,20)(H2,18,19,21,23). The molecule has 0 saturated heterocycles. The average Bonchev–Trinajstić information content (AvgIpc) is 2.50. The number of benzene rings is 1. The van der Waals surface area contributed by atoms with E-state index in [2.05, 4.69) is 15.3 Å². The van der Waals surface area contributed by atoms with E-state index in [0.717, 1.165) is 5.56 Å². The van der Waals surface area contributed by atoms with Crippen LogP contribution in [0.5, 0.6) is 11.6 Å². The van der Waals surface area contributed by atoms with Gasteiger partial charge in [0.05, 0.1) is 5.56 Å². The van der Waals surface area contributed by atoms with Crippen molar-refractivity contribution in [2.75, 3.05) is 6.54 Å². The maximum absolute atomic E-state index is 12.2. The van der Waals surface area contributed by atoms with Crippen molar-refractivity contribution in [3.8, 4) is 11.6 Å². The zero-order valence-corrected chi connectivity index (χ0v) is 13.7. The van der Waals surface area contributed by atoms with Crippen molar-refractivity contribution in [1.82, 2.24) is 15.3 Å². The Kier molecular flexibility index (Phi) is 4.04. The lowest BCUT2D eigenvalue weighted by molar-refractivity contribution is 0.0949. The molecule has 6 nitrogen and oxygen atoms in total. The summed E-state index contributed by atoms with van der Waals surface area (Å²) in [6, 6.07) is 5.21. The van der Waals surface area contributed by atoms with Crippen molar-refractivity contribution in [3.05, 3.63) is 50.0 Å². The van der Waals surface area contributed by atoms with Gasteiger partial charge in [0.2, 0.25) is 5.88 Å². The summed E-state index contributed by atoms with van der Waals surface area (Å²) in [5.41, 5.74) is 1.55. The van der Waals surface area contributed by atoms with E-state index in [4.69, 9.17) is 17.0 Å². The van der Waals surface area contributed by atoms with Gasteiger partial charge in [0, 0.05) is 24.1 Å². The Hall–Kier alpha value is -2.41. The van der Waals surface area contributed by atoms with Crippen LogP contribution in [0.1, 0.15) is 35.3 Å². The van der Waals surface area contributed by atoms with Crippen LogP contribution in [0.4, 0.5) is 0 Å². The van der Waals surface area contributed by atoms with E-state index < -0.39 is 0 Å². The molecular weight excluding hydrogens is 314 g/mol. The highest BCUT2D eigenvalue weighted by atomic mass is 32.1. The highest BCUT2D eigenvalue weighted by molar-refractivity contribution is 7.71. The zero-order chi connectivity index (χ0) is 16.6. The van der Waals surface area contributed by atoms with Crippen molar-refractivity contribution < 1.29 is 9.53 Å². The van der Waals surface area contributed by atoms with E-state index in [1.165, 1.54) is 0 Å². The summed E-state index contributed by atoms with van der Waals surface area (Å²) >= 11 is 4.94. The van der Waals surface area contributed by atoms with E-state index in [1.807, 2.05) is 13.8 Å². The maximum atomic E-state index is 12.2. The van der Waals surface area contributed by atoms with Gasteiger partial charge in [0.1, 0.15) is 5.75 Å².